The summed E-state index contributed by atoms with van der Waals surface area (Å²) in [5, 5.41) is 2.85. The van der Waals surface area contributed by atoms with E-state index < -0.39 is 46.1 Å². The summed E-state index contributed by atoms with van der Waals surface area (Å²) in [6, 6.07) is 18.7. The second-order valence-corrected chi connectivity index (χ2v) is 11.6. The summed E-state index contributed by atoms with van der Waals surface area (Å²) < 4.78 is 54.8. The van der Waals surface area contributed by atoms with E-state index in [0.29, 0.717) is 6.54 Å². The first-order valence-corrected chi connectivity index (χ1v) is 14.4. The number of carbonyl (C=O) groups is 2. The van der Waals surface area contributed by atoms with Crippen molar-refractivity contribution in [1.29, 1.82) is 0 Å². The van der Waals surface area contributed by atoms with E-state index in [2.05, 4.69) is 5.32 Å². The van der Waals surface area contributed by atoms with Gasteiger partial charge in [0.2, 0.25) is 21.8 Å². The number of halogens is 2. The SMILES string of the molecule is CC(C)CNC(=O)[C@@H](Cc1ccccc1)N(Cc1ccccc1F)C(=O)CN(c1cccc(F)c1)S(C)(=O)=O. The van der Waals surface area contributed by atoms with Gasteiger partial charge in [0.1, 0.15) is 24.2 Å². The number of nitrogens with one attached hydrogen (secondary N) is 1. The smallest absolute Gasteiger partial charge is 0.244 e. The topological polar surface area (TPSA) is 86.8 Å². The Morgan fingerprint density at radius 1 is 0.923 bits per heavy atom. The van der Waals surface area contributed by atoms with Crippen LogP contribution in [0.5, 0.6) is 0 Å². The van der Waals surface area contributed by atoms with Crippen molar-refractivity contribution in [3.8, 4) is 0 Å². The molecule has 0 unspecified atom stereocenters. The molecule has 0 heterocycles. The van der Waals surface area contributed by atoms with Crippen molar-refractivity contribution in [3.05, 3.63) is 102 Å². The van der Waals surface area contributed by atoms with Gasteiger partial charge in [-0.25, -0.2) is 17.2 Å². The van der Waals surface area contributed by atoms with Crippen LogP contribution in [-0.4, -0.2) is 50.5 Å². The molecule has 0 aromatic heterocycles. The molecule has 0 aliphatic heterocycles. The van der Waals surface area contributed by atoms with Gasteiger partial charge in [-0.3, -0.25) is 13.9 Å². The van der Waals surface area contributed by atoms with Gasteiger partial charge >= 0.3 is 0 Å². The molecule has 0 saturated heterocycles. The van der Waals surface area contributed by atoms with E-state index in [1.54, 1.807) is 18.2 Å². The van der Waals surface area contributed by atoms with Crippen LogP contribution in [0.15, 0.2) is 78.9 Å². The molecule has 0 aliphatic carbocycles. The zero-order chi connectivity index (χ0) is 28.6. The van der Waals surface area contributed by atoms with Gasteiger partial charge in [-0.05, 0) is 35.7 Å². The van der Waals surface area contributed by atoms with Crippen molar-refractivity contribution < 1.29 is 26.8 Å². The van der Waals surface area contributed by atoms with Crippen molar-refractivity contribution in [2.45, 2.75) is 32.9 Å². The first-order chi connectivity index (χ1) is 18.5. The van der Waals surface area contributed by atoms with Gasteiger partial charge in [0.15, 0.2) is 0 Å². The number of rotatable bonds is 12. The number of hydrogen-bond acceptors (Lipinski definition) is 4. The molecule has 1 N–H and O–H groups in total. The molecule has 0 bridgehead atoms. The Bertz CT molecular complexity index is 1380. The maximum atomic E-state index is 14.7. The highest BCUT2D eigenvalue weighted by molar-refractivity contribution is 7.92. The zero-order valence-corrected chi connectivity index (χ0v) is 23.0. The Morgan fingerprint density at radius 2 is 1.59 bits per heavy atom. The summed E-state index contributed by atoms with van der Waals surface area (Å²) in [6.07, 6.45) is 1.02. The van der Waals surface area contributed by atoms with Gasteiger partial charge in [0, 0.05) is 25.1 Å². The van der Waals surface area contributed by atoms with E-state index in [1.165, 1.54) is 35.2 Å². The van der Waals surface area contributed by atoms with E-state index in [-0.39, 0.29) is 30.1 Å². The van der Waals surface area contributed by atoms with Crippen LogP contribution in [0.25, 0.3) is 0 Å². The zero-order valence-electron chi connectivity index (χ0n) is 22.2. The fourth-order valence-electron chi connectivity index (χ4n) is 4.03. The Kier molecular flexibility index (Phi) is 10.2. The van der Waals surface area contributed by atoms with Gasteiger partial charge in [-0.15, -0.1) is 0 Å². The molecule has 0 aliphatic rings. The van der Waals surface area contributed by atoms with Crippen molar-refractivity contribution in [2.24, 2.45) is 5.92 Å². The van der Waals surface area contributed by atoms with E-state index >= 15 is 0 Å². The number of amides is 2. The molecule has 3 rings (SSSR count). The van der Waals surface area contributed by atoms with Crippen molar-refractivity contribution in [3.63, 3.8) is 0 Å². The molecule has 3 aromatic carbocycles. The fraction of sp³-hybridized carbons (Fsp3) is 0.310. The number of sulfonamides is 1. The number of carbonyl (C=O) groups excluding carboxylic acids is 2. The maximum Gasteiger partial charge on any atom is 0.244 e. The minimum Gasteiger partial charge on any atom is -0.354 e. The Hall–Kier alpha value is -3.79. The van der Waals surface area contributed by atoms with E-state index in [0.717, 1.165) is 28.3 Å². The van der Waals surface area contributed by atoms with Crippen molar-refractivity contribution >= 4 is 27.5 Å². The van der Waals surface area contributed by atoms with Crippen LogP contribution >= 0.6 is 0 Å². The van der Waals surface area contributed by atoms with Gasteiger partial charge in [0.25, 0.3) is 0 Å². The predicted octanol–water partition coefficient (Wildman–Crippen LogP) is 4.14. The lowest BCUT2D eigenvalue weighted by atomic mass is 10.0. The van der Waals surface area contributed by atoms with Gasteiger partial charge in [-0.1, -0.05) is 68.4 Å². The average molecular weight is 558 g/mol. The summed E-state index contributed by atoms with van der Waals surface area (Å²) in [5.41, 5.74) is 0.886. The van der Waals surface area contributed by atoms with Crippen LogP contribution in [0.1, 0.15) is 25.0 Å². The lowest BCUT2D eigenvalue weighted by molar-refractivity contribution is -0.140. The highest BCUT2D eigenvalue weighted by Crippen LogP contribution is 2.21. The van der Waals surface area contributed by atoms with E-state index in [4.69, 9.17) is 0 Å². The minimum absolute atomic E-state index is 0.0411. The molecule has 7 nitrogen and oxygen atoms in total. The number of nitrogens with zero attached hydrogens (tertiary/aromatic N) is 2. The molecular weight excluding hydrogens is 524 g/mol. The molecule has 39 heavy (non-hydrogen) atoms. The summed E-state index contributed by atoms with van der Waals surface area (Å²) in [6.45, 7) is 3.22. The second kappa shape index (κ2) is 13.3. The van der Waals surface area contributed by atoms with Crippen LogP contribution in [0.2, 0.25) is 0 Å². The summed E-state index contributed by atoms with van der Waals surface area (Å²) in [7, 11) is -4.03. The van der Waals surface area contributed by atoms with Crippen LogP contribution in [0, 0.1) is 17.6 Å². The molecule has 208 valence electrons. The first-order valence-electron chi connectivity index (χ1n) is 12.5. The fourth-order valence-corrected chi connectivity index (χ4v) is 4.87. The highest BCUT2D eigenvalue weighted by atomic mass is 32.2. The third kappa shape index (κ3) is 8.61. The summed E-state index contributed by atoms with van der Waals surface area (Å²) in [4.78, 5) is 28.6. The number of benzene rings is 3. The molecule has 3 aromatic rings. The Morgan fingerprint density at radius 3 is 2.21 bits per heavy atom. The highest BCUT2D eigenvalue weighted by Gasteiger charge is 2.33. The normalized spacial score (nSPS) is 12.2. The third-order valence-electron chi connectivity index (χ3n) is 6.03. The van der Waals surface area contributed by atoms with Crippen molar-refractivity contribution in [2.75, 3.05) is 23.7 Å². The summed E-state index contributed by atoms with van der Waals surface area (Å²) in [5.74, 6) is -2.30. The van der Waals surface area contributed by atoms with Crippen LogP contribution in [0.4, 0.5) is 14.5 Å². The van der Waals surface area contributed by atoms with Gasteiger partial charge in [0.05, 0.1) is 11.9 Å². The van der Waals surface area contributed by atoms with E-state index in [9.17, 15) is 26.8 Å². The average Bonchev–Trinajstić information content (AvgIpc) is 2.88. The van der Waals surface area contributed by atoms with E-state index in [1.807, 2.05) is 32.0 Å². The molecule has 0 fully saturated rings. The predicted molar refractivity (Wildman–Crippen MR) is 147 cm³/mol. The van der Waals surface area contributed by atoms with Crippen LogP contribution < -0.4 is 9.62 Å². The quantitative estimate of drug-likeness (QED) is 0.363. The third-order valence-corrected chi connectivity index (χ3v) is 7.17. The first kappa shape index (κ1) is 29.8. The molecule has 10 heteroatoms. The standard InChI is InChI=1S/C29H33F2N3O4S/c1-21(2)18-32-29(36)27(16-22-10-5-4-6-11-22)33(19-23-12-7-8-15-26(23)31)28(35)20-34(39(3,37)38)25-14-9-13-24(30)17-25/h4-15,17,21,27H,16,18-20H2,1-3H3,(H,32,36)/t27-/m1/s1. The lowest BCUT2D eigenvalue weighted by Crippen LogP contribution is -2.53. The van der Waals surface area contributed by atoms with Crippen LogP contribution in [0.3, 0.4) is 0 Å². The number of anilines is 1. The second-order valence-electron chi connectivity index (χ2n) is 9.71. The van der Waals surface area contributed by atoms with Crippen LogP contribution in [-0.2, 0) is 32.6 Å². The molecule has 0 radical (unpaired) electrons. The maximum absolute atomic E-state index is 14.7. The summed E-state index contributed by atoms with van der Waals surface area (Å²) >= 11 is 0. The van der Waals surface area contributed by atoms with Gasteiger partial charge < -0.3 is 10.2 Å². The molecule has 0 saturated carbocycles. The largest absolute Gasteiger partial charge is 0.354 e. The molecule has 0 spiro atoms. The molecule has 2 amide bonds. The monoisotopic (exact) mass is 557 g/mol. The Labute approximate surface area is 228 Å². The minimum atomic E-state index is -4.03. The number of hydrogen-bond donors (Lipinski definition) is 1. The van der Waals surface area contributed by atoms with Crippen molar-refractivity contribution in [1.82, 2.24) is 10.2 Å². The Balaban J connectivity index is 2.06. The lowest BCUT2D eigenvalue weighted by Gasteiger charge is -2.33. The van der Waals surface area contributed by atoms with Gasteiger partial charge in [-0.2, -0.15) is 0 Å². The molecular formula is C29H33F2N3O4S. The molecule has 1 atom stereocenters.